The van der Waals surface area contributed by atoms with Gasteiger partial charge in [0, 0.05) is 0 Å². The number of ketones is 1. The van der Waals surface area contributed by atoms with Crippen LogP contribution in [0, 0.1) is 5.92 Å². The molecule has 4 atom stereocenters. The maximum absolute atomic E-state index is 12.0. The predicted octanol–water partition coefficient (Wildman–Crippen LogP) is 2.06. The molecule has 1 saturated heterocycles. The van der Waals surface area contributed by atoms with Crippen molar-refractivity contribution in [2.75, 3.05) is 0 Å². The number of alkyl halides is 1. The van der Waals surface area contributed by atoms with Gasteiger partial charge in [-0.15, -0.1) is 11.6 Å². The van der Waals surface area contributed by atoms with E-state index in [1.165, 1.54) is 0 Å². The second-order valence-electron chi connectivity index (χ2n) is 4.50. The van der Waals surface area contributed by atoms with E-state index in [-0.39, 0.29) is 23.4 Å². The van der Waals surface area contributed by atoms with Crippen molar-refractivity contribution in [3.05, 3.63) is 12.2 Å². The van der Waals surface area contributed by atoms with Crippen molar-refractivity contribution < 1.29 is 9.53 Å². The number of rotatable bonds is 0. The summed E-state index contributed by atoms with van der Waals surface area (Å²) in [4.78, 5) is 12.0. The third-order valence-electron chi connectivity index (χ3n) is 3.73. The number of hydrogen-bond donors (Lipinski definition) is 0. The summed E-state index contributed by atoms with van der Waals surface area (Å²) >= 11 is 6.05. The molecule has 3 heteroatoms. The smallest absolute Gasteiger partial charge is 0.159 e. The quantitative estimate of drug-likeness (QED) is 0.454. The molecule has 0 aromatic rings. The Bertz CT molecular complexity index is 312. The van der Waals surface area contributed by atoms with Gasteiger partial charge in [-0.25, -0.2) is 0 Å². The molecule has 0 aromatic heterocycles. The fourth-order valence-corrected chi connectivity index (χ4v) is 3.28. The van der Waals surface area contributed by atoms with Crippen LogP contribution in [-0.2, 0) is 9.53 Å². The standard InChI is InChI=1S/C11H13ClO2/c12-9-8-4-6-11(14-8)5-2-1-3-7(11)10(9)13/h4,6-9H,1-3,5H2/t7-,8-,9-,11+/m1/s1. The molecular formula is C11H13ClO2. The number of hydrogen-bond acceptors (Lipinski definition) is 2. The average Bonchev–Trinajstić information content (AvgIpc) is 2.57. The Labute approximate surface area is 88.3 Å². The molecule has 2 heterocycles. The summed E-state index contributed by atoms with van der Waals surface area (Å²) in [5.41, 5.74) is -0.272. The van der Waals surface area contributed by atoms with Crippen LogP contribution in [0.15, 0.2) is 12.2 Å². The summed E-state index contributed by atoms with van der Waals surface area (Å²) in [6.45, 7) is 0. The van der Waals surface area contributed by atoms with Crippen LogP contribution in [-0.4, -0.2) is 22.9 Å². The lowest BCUT2D eigenvalue weighted by molar-refractivity contribution is -0.155. The molecule has 0 amide bonds. The molecule has 1 saturated carbocycles. The second-order valence-corrected chi connectivity index (χ2v) is 4.97. The Balaban J connectivity index is 2.01. The van der Waals surface area contributed by atoms with E-state index in [1.54, 1.807) is 0 Å². The highest BCUT2D eigenvalue weighted by Gasteiger charge is 2.55. The summed E-state index contributed by atoms with van der Waals surface area (Å²) in [6.07, 6.45) is 8.11. The number of carbonyl (C=O) groups excluding carboxylic acids is 1. The zero-order chi connectivity index (χ0) is 9.76. The van der Waals surface area contributed by atoms with Crippen molar-refractivity contribution >= 4 is 17.4 Å². The van der Waals surface area contributed by atoms with E-state index in [4.69, 9.17) is 16.3 Å². The summed E-state index contributed by atoms with van der Waals surface area (Å²) in [6, 6.07) is 0. The van der Waals surface area contributed by atoms with Gasteiger partial charge in [0.05, 0.1) is 11.5 Å². The monoisotopic (exact) mass is 212 g/mol. The van der Waals surface area contributed by atoms with Crippen molar-refractivity contribution in [1.82, 2.24) is 0 Å². The minimum Gasteiger partial charge on any atom is -0.361 e. The fraction of sp³-hybridized carbons (Fsp3) is 0.727. The molecule has 0 unspecified atom stereocenters. The van der Waals surface area contributed by atoms with Gasteiger partial charge < -0.3 is 4.74 Å². The minimum atomic E-state index is -0.454. The second kappa shape index (κ2) is 2.83. The Kier molecular flexibility index (Phi) is 1.80. The normalized spacial score (nSPS) is 50.6. The maximum atomic E-state index is 12.0. The summed E-state index contributed by atoms with van der Waals surface area (Å²) in [5, 5.41) is -0.454. The van der Waals surface area contributed by atoms with Crippen LogP contribution in [0.2, 0.25) is 0 Å². The van der Waals surface area contributed by atoms with Gasteiger partial charge in [0.15, 0.2) is 5.78 Å². The lowest BCUT2D eigenvalue weighted by Crippen LogP contribution is -2.54. The maximum Gasteiger partial charge on any atom is 0.159 e. The van der Waals surface area contributed by atoms with E-state index in [2.05, 4.69) is 6.08 Å². The van der Waals surface area contributed by atoms with Crippen LogP contribution in [0.1, 0.15) is 25.7 Å². The van der Waals surface area contributed by atoms with Gasteiger partial charge in [-0.2, -0.15) is 0 Å². The Morgan fingerprint density at radius 3 is 3.21 bits per heavy atom. The largest absolute Gasteiger partial charge is 0.361 e. The average molecular weight is 213 g/mol. The Morgan fingerprint density at radius 1 is 1.50 bits per heavy atom. The first-order valence-electron chi connectivity index (χ1n) is 5.28. The number of halogens is 1. The topological polar surface area (TPSA) is 26.3 Å². The highest BCUT2D eigenvalue weighted by molar-refractivity contribution is 6.32. The van der Waals surface area contributed by atoms with Gasteiger partial charge in [0.2, 0.25) is 0 Å². The van der Waals surface area contributed by atoms with Crippen LogP contribution in [0.5, 0.6) is 0 Å². The van der Waals surface area contributed by atoms with Crippen LogP contribution in [0.25, 0.3) is 0 Å². The van der Waals surface area contributed by atoms with Gasteiger partial charge in [-0.1, -0.05) is 25.0 Å². The lowest BCUT2D eigenvalue weighted by atomic mass is 9.72. The van der Waals surface area contributed by atoms with Crippen molar-refractivity contribution in [2.24, 2.45) is 5.92 Å². The molecule has 14 heavy (non-hydrogen) atoms. The SMILES string of the molecule is O=C1[C@H]2CCCC[C@]23C=C[C@@H](O3)[C@H]1Cl. The molecule has 2 aliphatic heterocycles. The van der Waals surface area contributed by atoms with E-state index >= 15 is 0 Å². The Morgan fingerprint density at radius 2 is 2.36 bits per heavy atom. The first-order valence-corrected chi connectivity index (χ1v) is 5.72. The fourth-order valence-electron chi connectivity index (χ4n) is 2.99. The highest BCUT2D eigenvalue weighted by atomic mass is 35.5. The zero-order valence-corrected chi connectivity index (χ0v) is 8.67. The predicted molar refractivity (Wildman–Crippen MR) is 53.4 cm³/mol. The highest BCUT2D eigenvalue weighted by Crippen LogP contribution is 2.48. The van der Waals surface area contributed by atoms with Gasteiger partial charge in [-0.3, -0.25) is 4.79 Å². The van der Waals surface area contributed by atoms with Crippen LogP contribution < -0.4 is 0 Å². The molecule has 76 valence electrons. The minimum absolute atomic E-state index is 0.0220. The molecule has 2 fully saturated rings. The van der Waals surface area contributed by atoms with Gasteiger partial charge >= 0.3 is 0 Å². The van der Waals surface area contributed by atoms with E-state index in [0.29, 0.717) is 0 Å². The molecular weight excluding hydrogens is 200 g/mol. The molecule has 0 aromatic carbocycles. The third-order valence-corrected chi connectivity index (χ3v) is 4.19. The van der Waals surface area contributed by atoms with Crippen molar-refractivity contribution in [3.8, 4) is 0 Å². The van der Waals surface area contributed by atoms with E-state index < -0.39 is 5.38 Å². The number of fused-ring (bicyclic) bond motifs is 1. The first-order chi connectivity index (χ1) is 6.73. The van der Waals surface area contributed by atoms with Crippen molar-refractivity contribution in [1.29, 1.82) is 0 Å². The summed E-state index contributed by atoms with van der Waals surface area (Å²) in [5.74, 6) is 0.223. The summed E-state index contributed by atoms with van der Waals surface area (Å²) in [7, 11) is 0. The van der Waals surface area contributed by atoms with Crippen molar-refractivity contribution in [2.45, 2.75) is 42.8 Å². The van der Waals surface area contributed by atoms with Gasteiger partial charge in [-0.05, 0) is 12.8 Å². The number of ether oxygens (including phenoxy) is 1. The van der Waals surface area contributed by atoms with Gasteiger partial charge in [0.1, 0.15) is 11.5 Å². The lowest BCUT2D eigenvalue weighted by Gasteiger charge is -2.44. The molecule has 2 nitrogen and oxygen atoms in total. The molecule has 0 radical (unpaired) electrons. The number of carbonyl (C=O) groups is 1. The van der Waals surface area contributed by atoms with E-state index in [1.807, 2.05) is 6.08 Å². The molecule has 2 bridgehead atoms. The summed E-state index contributed by atoms with van der Waals surface area (Å²) < 4.78 is 5.91. The van der Waals surface area contributed by atoms with Crippen LogP contribution in [0.4, 0.5) is 0 Å². The van der Waals surface area contributed by atoms with Crippen molar-refractivity contribution in [3.63, 3.8) is 0 Å². The van der Waals surface area contributed by atoms with Crippen LogP contribution >= 0.6 is 11.6 Å². The first kappa shape index (κ1) is 8.93. The zero-order valence-electron chi connectivity index (χ0n) is 7.91. The molecule has 3 rings (SSSR count). The van der Waals surface area contributed by atoms with E-state index in [0.717, 1.165) is 25.7 Å². The molecule has 1 spiro atoms. The number of Topliss-reactive ketones (excluding diaryl/α,β-unsaturated/α-hetero) is 1. The van der Waals surface area contributed by atoms with Crippen LogP contribution in [0.3, 0.4) is 0 Å². The molecule has 1 aliphatic carbocycles. The Hall–Kier alpha value is -0.340. The van der Waals surface area contributed by atoms with Gasteiger partial charge in [0.25, 0.3) is 0 Å². The third kappa shape index (κ3) is 0.986. The molecule has 0 N–H and O–H groups in total. The van der Waals surface area contributed by atoms with E-state index in [9.17, 15) is 4.79 Å². The molecule has 3 aliphatic rings.